The van der Waals surface area contributed by atoms with Crippen molar-refractivity contribution in [2.75, 3.05) is 32.9 Å². The van der Waals surface area contributed by atoms with E-state index in [0.29, 0.717) is 24.6 Å². The Bertz CT molecular complexity index is 776. The first-order valence-electron chi connectivity index (χ1n) is 8.98. The predicted octanol–water partition coefficient (Wildman–Crippen LogP) is 1.18. The number of aliphatic hydroxyl groups is 1. The van der Waals surface area contributed by atoms with E-state index in [1.165, 1.54) is 0 Å². The van der Waals surface area contributed by atoms with Crippen LogP contribution < -0.4 is 4.74 Å². The number of nitrogens with zero attached hydrogens (tertiary/aromatic N) is 2. The van der Waals surface area contributed by atoms with Crippen LogP contribution in [0.1, 0.15) is 28.2 Å². The lowest BCUT2D eigenvalue weighted by Crippen LogP contribution is -2.50. The predicted molar refractivity (Wildman–Crippen MR) is 94.2 cm³/mol. The minimum Gasteiger partial charge on any atom is -0.490 e. The Balaban J connectivity index is 1.47. The maximum Gasteiger partial charge on any atom is 0.274 e. The van der Waals surface area contributed by atoms with Crippen molar-refractivity contribution in [3.63, 3.8) is 0 Å². The summed E-state index contributed by atoms with van der Waals surface area (Å²) < 4.78 is 11.2. The number of carbonyl (C=O) groups excluding carboxylic acids is 1. The number of carbonyl (C=O) groups is 1. The third-order valence-electron chi connectivity index (χ3n) is 4.91. The van der Waals surface area contributed by atoms with Gasteiger partial charge in [0.2, 0.25) is 0 Å². The van der Waals surface area contributed by atoms with Crippen molar-refractivity contribution in [2.24, 2.45) is 0 Å². The van der Waals surface area contributed by atoms with Gasteiger partial charge in [-0.25, -0.2) is 0 Å². The van der Waals surface area contributed by atoms with Gasteiger partial charge in [0.05, 0.1) is 19.8 Å². The summed E-state index contributed by atoms with van der Waals surface area (Å²) in [6.45, 7) is 1.14. The van der Waals surface area contributed by atoms with Gasteiger partial charge in [0.15, 0.2) is 5.69 Å². The van der Waals surface area contributed by atoms with Gasteiger partial charge >= 0.3 is 0 Å². The fraction of sp³-hybridized carbons (Fsp3) is 0.474. The summed E-state index contributed by atoms with van der Waals surface area (Å²) >= 11 is 0. The number of aromatic nitrogens is 2. The number of aryl methyl sites for hydroxylation is 1. The Kier molecular flexibility index (Phi) is 4.65. The average Bonchev–Trinajstić information content (AvgIpc) is 3.21. The second-order valence-corrected chi connectivity index (χ2v) is 6.99. The molecule has 1 aliphatic heterocycles. The number of rotatable bonds is 4. The highest BCUT2D eigenvalue weighted by Gasteiger charge is 2.37. The molecule has 26 heavy (non-hydrogen) atoms. The quantitative estimate of drug-likeness (QED) is 0.858. The van der Waals surface area contributed by atoms with Crippen LogP contribution in [0.15, 0.2) is 30.3 Å². The molecule has 1 aliphatic carbocycles. The van der Waals surface area contributed by atoms with Crippen molar-refractivity contribution in [3.8, 4) is 5.75 Å². The fourth-order valence-corrected chi connectivity index (χ4v) is 3.56. The standard InChI is InChI=1S/C19H23N3O4/c23-18(17-15-7-4-8-16(15)20-21-17)22-9-10-25-12-19(24,11-22)13-26-14-5-2-1-3-6-14/h1-3,5-6,24H,4,7-13H2,(H,20,21)/t19-/m0/s1. The summed E-state index contributed by atoms with van der Waals surface area (Å²) in [5, 5.41) is 18.1. The highest BCUT2D eigenvalue weighted by atomic mass is 16.5. The average molecular weight is 357 g/mol. The molecule has 7 nitrogen and oxygen atoms in total. The number of nitrogens with one attached hydrogen (secondary N) is 1. The lowest BCUT2D eigenvalue weighted by molar-refractivity contribution is -0.0621. The van der Waals surface area contributed by atoms with Crippen LogP contribution in [0.4, 0.5) is 0 Å². The third kappa shape index (κ3) is 3.45. The van der Waals surface area contributed by atoms with E-state index < -0.39 is 5.60 Å². The Morgan fingerprint density at radius 2 is 2.19 bits per heavy atom. The molecule has 1 fully saturated rings. The lowest BCUT2D eigenvalue weighted by atomic mass is 10.1. The van der Waals surface area contributed by atoms with Gasteiger partial charge in [0.25, 0.3) is 5.91 Å². The van der Waals surface area contributed by atoms with Gasteiger partial charge in [-0.05, 0) is 31.4 Å². The zero-order valence-corrected chi connectivity index (χ0v) is 14.6. The number of hydrogen-bond acceptors (Lipinski definition) is 5. The van der Waals surface area contributed by atoms with E-state index in [2.05, 4.69) is 10.2 Å². The van der Waals surface area contributed by atoms with Gasteiger partial charge in [-0.3, -0.25) is 9.89 Å². The maximum absolute atomic E-state index is 13.0. The highest BCUT2D eigenvalue weighted by molar-refractivity contribution is 5.94. The van der Waals surface area contributed by atoms with Crippen LogP contribution in [-0.4, -0.2) is 64.6 Å². The lowest BCUT2D eigenvalue weighted by Gasteiger charge is -2.30. The molecule has 1 aromatic heterocycles. The Hall–Kier alpha value is -2.38. The zero-order chi connectivity index (χ0) is 18.0. The van der Waals surface area contributed by atoms with Crippen LogP contribution >= 0.6 is 0 Å². The van der Waals surface area contributed by atoms with Crippen molar-refractivity contribution < 1.29 is 19.4 Å². The monoisotopic (exact) mass is 357 g/mol. The Morgan fingerprint density at radius 1 is 1.35 bits per heavy atom. The van der Waals surface area contributed by atoms with Gasteiger partial charge < -0.3 is 19.5 Å². The molecule has 2 heterocycles. The Morgan fingerprint density at radius 3 is 3.04 bits per heavy atom. The van der Waals surface area contributed by atoms with Crippen LogP contribution in [-0.2, 0) is 17.6 Å². The van der Waals surface area contributed by atoms with Crippen molar-refractivity contribution >= 4 is 5.91 Å². The number of fused-ring (bicyclic) bond motifs is 1. The van der Waals surface area contributed by atoms with Gasteiger partial charge in [-0.1, -0.05) is 18.2 Å². The Labute approximate surface area is 151 Å². The maximum atomic E-state index is 13.0. The largest absolute Gasteiger partial charge is 0.490 e. The van der Waals surface area contributed by atoms with Gasteiger partial charge in [-0.2, -0.15) is 5.10 Å². The molecule has 0 unspecified atom stereocenters. The molecule has 0 bridgehead atoms. The fourth-order valence-electron chi connectivity index (χ4n) is 3.56. The highest BCUT2D eigenvalue weighted by Crippen LogP contribution is 2.25. The molecule has 0 radical (unpaired) electrons. The zero-order valence-electron chi connectivity index (χ0n) is 14.6. The summed E-state index contributed by atoms with van der Waals surface area (Å²) in [6, 6.07) is 9.31. The van der Waals surface area contributed by atoms with Gasteiger partial charge in [0, 0.05) is 17.8 Å². The van der Waals surface area contributed by atoms with E-state index in [0.717, 1.165) is 30.5 Å². The topological polar surface area (TPSA) is 87.7 Å². The van der Waals surface area contributed by atoms with E-state index in [9.17, 15) is 9.90 Å². The first kappa shape index (κ1) is 17.1. The second kappa shape index (κ2) is 7.09. The van der Waals surface area contributed by atoms with E-state index in [1.807, 2.05) is 30.3 Å². The first-order chi connectivity index (χ1) is 12.6. The molecule has 1 amide bonds. The van der Waals surface area contributed by atoms with Crippen molar-refractivity contribution in [1.82, 2.24) is 15.1 Å². The SMILES string of the molecule is O=C(c1n[nH]c2c1CCC2)N1CCOC[C@](O)(COc2ccccc2)C1. The molecule has 1 atom stereocenters. The van der Waals surface area contributed by atoms with Crippen LogP contribution in [0, 0.1) is 0 Å². The molecule has 2 N–H and O–H groups in total. The van der Waals surface area contributed by atoms with Crippen molar-refractivity contribution in [3.05, 3.63) is 47.3 Å². The summed E-state index contributed by atoms with van der Waals surface area (Å²) in [6.07, 6.45) is 2.86. The number of amides is 1. The molecular formula is C19H23N3O4. The molecule has 1 saturated heterocycles. The van der Waals surface area contributed by atoms with Crippen LogP contribution in [0.25, 0.3) is 0 Å². The van der Waals surface area contributed by atoms with Crippen molar-refractivity contribution in [1.29, 1.82) is 0 Å². The molecule has 0 spiro atoms. The molecule has 7 heteroatoms. The number of ether oxygens (including phenoxy) is 2. The smallest absolute Gasteiger partial charge is 0.274 e. The van der Waals surface area contributed by atoms with Crippen molar-refractivity contribution in [2.45, 2.75) is 24.9 Å². The minimum atomic E-state index is -1.26. The second-order valence-electron chi connectivity index (χ2n) is 6.99. The van der Waals surface area contributed by atoms with Gasteiger partial charge in [-0.15, -0.1) is 0 Å². The molecular weight excluding hydrogens is 334 g/mol. The first-order valence-corrected chi connectivity index (χ1v) is 8.98. The minimum absolute atomic E-state index is 0.0550. The van der Waals surface area contributed by atoms with E-state index in [4.69, 9.17) is 9.47 Å². The molecule has 138 valence electrons. The summed E-state index contributed by atoms with van der Waals surface area (Å²) in [5.41, 5.74) is 1.29. The number of para-hydroxylation sites is 1. The molecule has 2 aliphatic rings. The molecule has 0 saturated carbocycles. The summed E-state index contributed by atoms with van der Waals surface area (Å²) in [5.74, 6) is 0.515. The number of H-pyrrole nitrogens is 1. The normalized spacial score (nSPS) is 22.7. The van der Waals surface area contributed by atoms with Crippen LogP contribution in [0.2, 0.25) is 0 Å². The van der Waals surface area contributed by atoms with Gasteiger partial charge in [0.1, 0.15) is 18.0 Å². The summed E-state index contributed by atoms with van der Waals surface area (Å²) in [4.78, 5) is 14.6. The molecule has 4 rings (SSSR count). The number of aromatic amines is 1. The van der Waals surface area contributed by atoms with Crippen LogP contribution in [0.5, 0.6) is 5.75 Å². The summed E-state index contributed by atoms with van der Waals surface area (Å²) in [7, 11) is 0. The third-order valence-corrected chi connectivity index (χ3v) is 4.91. The van der Waals surface area contributed by atoms with E-state index in [-0.39, 0.29) is 25.7 Å². The van der Waals surface area contributed by atoms with Crippen LogP contribution in [0.3, 0.4) is 0 Å². The van der Waals surface area contributed by atoms with E-state index in [1.54, 1.807) is 4.90 Å². The number of β-amino-alcohol motifs (C(OH)–C–C–N with tert-alkyl or cyclic N) is 1. The molecule has 2 aromatic rings. The molecule has 1 aromatic carbocycles. The van der Waals surface area contributed by atoms with E-state index >= 15 is 0 Å². The number of hydrogen-bond donors (Lipinski definition) is 2. The number of benzene rings is 1.